The summed E-state index contributed by atoms with van der Waals surface area (Å²) >= 11 is 0. The Labute approximate surface area is 178 Å². The van der Waals surface area contributed by atoms with E-state index in [1.807, 2.05) is 30.3 Å². The van der Waals surface area contributed by atoms with E-state index in [2.05, 4.69) is 15.0 Å². The number of methoxy groups -OCH3 is 1. The first-order valence-electron chi connectivity index (χ1n) is 9.37. The van der Waals surface area contributed by atoms with Crippen LogP contribution in [0.4, 0.5) is 0 Å². The number of benzene rings is 3. The number of hydrogen-bond donors (Lipinski definition) is 1. The van der Waals surface area contributed by atoms with Crippen LogP contribution in [0.25, 0.3) is 34.2 Å². The topological polar surface area (TPSA) is 102 Å². The van der Waals surface area contributed by atoms with Crippen molar-refractivity contribution in [3.8, 4) is 45.7 Å². The monoisotopic (exact) mass is 411 g/mol. The summed E-state index contributed by atoms with van der Waals surface area (Å²) < 4.78 is 5.29. The van der Waals surface area contributed by atoms with Gasteiger partial charge in [-0.25, -0.2) is 15.0 Å². The minimum Gasteiger partial charge on any atom is -0.507 e. The van der Waals surface area contributed by atoms with Crippen LogP contribution in [0.15, 0.2) is 66.7 Å². The van der Waals surface area contributed by atoms with Crippen LogP contribution in [0.1, 0.15) is 20.7 Å². The molecule has 7 nitrogen and oxygen atoms in total. The quantitative estimate of drug-likeness (QED) is 0.474. The normalized spacial score (nSPS) is 10.5. The lowest BCUT2D eigenvalue weighted by Crippen LogP contribution is -2.02. The molecule has 3 aromatic carbocycles. The van der Waals surface area contributed by atoms with Gasteiger partial charge in [0.25, 0.3) is 0 Å². The summed E-state index contributed by atoms with van der Waals surface area (Å²) in [4.78, 5) is 36.6. The van der Waals surface area contributed by atoms with E-state index in [-0.39, 0.29) is 34.3 Å². The number of phenolic OH excluding ortho intramolecular Hbond substituents is 1. The number of ether oxygens (including phenoxy) is 1. The highest BCUT2D eigenvalue weighted by Gasteiger charge is 2.17. The molecule has 0 atom stereocenters. The van der Waals surface area contributed by atoms with E-state index in [0.29, 0.717) is 29.5 Å². The molecule has 0 amide bonds. The second-order valence-corrected chi connectivity index (χ2v) is 6.61. The summed E-state index contributed by atoms with van der Waals surface area (Å²) in [6.45, 7) is 0. The van der Waals surface area contributed by atoms with Crippen LogP contribution in [0, 0.1) is 0 Å². The number of carbonyl (C=O) groups excluding carboxylic acids is 2. The summed E-state index contributed by atoms with van der Waals surface area (Å²) in [5.74, 6) is 1.20. The Hall–Kier alpha value is -4.39. The van der Waals surface area contributed by atoms with E-state index in [0.717, 1.165) is 5.56 Å². The number of aromatic nitrogens is 3. The number of aldehydes is 2. The van der Waals surface area contributed by atoms with Crippen molar-refractivity contribution in [2.24, 2.45) is 0 Å². The Morgan fingerprint density at radius 3 is 2.06 bits per heavy atom. The lowest BCUT2D eigenvalue weighted by molar-refractivity contribution is 0.109. The number of carbonyl (C=O) groups is 2. The van der Waals surface area contributed by atoms with Gasteiger partial charge in [0.05, 0.1) is 18.2 Å². The molecule has 0 saturated carbocycles. The van der Waals surface area contributed by atoms with Crippen LogP contribution in [0.5, 0.6) is 11.5 Å². The average molecular weight is 411 g/mol. The molecule has 0 bridgehead atoms. The van der Waals surface area contributed by atoms with Gasteiger partial charge in [-0.05, 0) is 24.3 Å². The van der Waals surface area contributed by atoms with Crippen LogP contribution < -0.4 is 4.74 Å². The van der Waals surface area contributed by atoms with Crippen molar-refractivity contribution in [1.29, 1.82) is 0 Å². The SMILES string of the molecule is COc1cc(-c2nc(-c3ccccc3)nc(-c3ccccc3O)n2)cc(C=O)c1C=O. The van der Waals surface area contributed by atoms with Gasteiger partial charge in [-0.1, -0.05) is 42.5 Å². The number of phenols is 1. The maximum atomic E-state index is 11.6. The molecule has 7 heteroatoms. The van der Waals surface area contributed by atoms with Gasteiger partial charge < -0.3 is 9.84 Å². The van der Waals surface area contributed by atoms with E-state index < -0.39 is 0 Å². The van der Waals surface area contributed by atoms with Crippen molar-refractivity contribution in [1.82, 2.24) is 15.0 Å². The zero-order valence-electron chi connectivity index (χ0n) is 16.5. The zero-order valence-corrected chi connectivity index (χ0v) is 16.5. The minimum absolute atomic E-state index is 0.0288. The highest BCUT2D eigenvalue weighted by Crippen LogP contribution is 2.32. The molecule has 0 aliphatic heterocycles. The van der Waals surface area contributed by atoms with E-state index in [4.69, 9.17) is 4.74 Å². The molecule has 1 aromatic heterocycles. The molecule has 0 aliphatic rings. The summed E-state index contributed by atoms with van der Waals surface area (Å²) in [7, 11) is 1.41. The van der Waals surface area contributed by atoms with Crippen molar-refractivity contribution in [2.75, 3.05) is 7.11 Å². The molecule has 152 valence electrons. The lowest BCUT2D eigenvalue weighted by Gasteiger charge is -2.12. The van der Waals surface area contributed by atoms with Crippen molar-refractivity contribution in [3.63, 3.8) is 0 Å². The molecular formula is C24H17N3O4. The first-order chi connectivity index (χ1) is 15.1. The predicted octanol–water partition coefficient (Wildman–Crippen LogP) is 4.21. The highest BCUT2D eigenvalue weighted by molar-refractivity contribution is 5.95. The number of aromatic hydroxyl groups is 1. The number of para-hydroxylation sites is 1. The third kappa shape index (κ3) is 3.89. The Kier molecular flexibility index (Phi) is 5.49. The molecule has 0 aliphatic carbocycles. The number of rotatable bonds is 6. The fraction of sp³-hybridized carbons (Fsp3) is 0.0417. The maximum absolute atomic E-state index is 11.6. The van der Waals surface area contributed by atoms with Crippen LogP contribution >= 0.6 is 0 Å². The van der Waals surface area contributed by atoms with Crippen molar-refractivity contribution in [2.45, 2.75) is 0 Å². The van der Waals surface area contributed by atoms with Crippen LogP contribution in [-0.4, -0.2) is 39.7 Å². The predicted molar refractivity (Wildman–Crippen MR) is 115 cm³/mol. The molecular weight excluding hydrogens is 394 g/mol. The molecule has 31 heavy (non-hydrogen) atoms. The Morgan fingerprint density at radius 1 is 0.774 bits per heavy atom. The van der Waals surface area contributed by atoms with E-state index in [1.54, 1.807) is 30.3 Å². The van der Waals surface area contributed by atoms with Gasteiger partial charge >= 0.3 is 0 Å². The third-order valence-corrected chi connectivity index (χ3v) is 4.71. The molecule has 4 rings (SSSR count). The van der Waals surface area contributed by atoms with Gasteiger partial charge in [0.15, 0.2) is 30.0 Å². The fourth-order valence-corrected chi connectivity index (χ4v) is 3.17. The zero-order chi connectivity index (χ0) is 21.8. The molecule has 0 unspecified atom stereocenters. The molecule has 0 fully saturated rings. The molecule has 4 aromatic rings. The van der Waals surface area contributed by atoms with Crippen molar-refractivity contribution < 1.29 is 19.4 Å². The van der Waals surface area contributed by atoms with Crippen molar-refractivity contribution in [3.05, 3.63) is 77.9 Å². The van der Waals surface area contributed by atoms with Gasteiger partial charge in [-0.15, -0.1) is 0 Å². The maximum Gasteiger partial charge on any atom is 0.167 e. The molecule has 0 spiro atoms. The summed E-state index contributed by atoms with van der Waals surface area (Å²) in [6.07, 6.45) is 1.15. The lowest BCUT2D eigenvalue weighted by atomic mass is 10.0. The Bertz CT molecular complexity index is 1270. The highest BCUT2D eigenvalue weighted by atomic mass is 16.5. The van der Waals surface area contributed by atoms with Gasteiger partial charge in [0.2, 0.25) is 0 Å². The largest absolute Gasteiger partial charge is 0.507 e. The minimum atomic E-state index is 0.0288. The van der Waals surface area contributed by atoms with Crippen LogP contribution in [0.3, 0.4) is 0 Å². The van der Waals surface area contributed by atoms with Crippen LogP contribution in [0.2, 0.25) is 0 Å². The summed E-state index contributed by atoms with van der Waals surface area (Å²) in [6, 6.07) is 19.2. The summed E-state index contributed by atoms with van der Waals surface area (Å²) in [5.41, 5.74) is 1.99. The van der Waals surface area contributed by atoms with Crippen LogP contribution in [-0.2, 0) is 0 Å². The van der Waals surface area contributed by atoms with E-state index in [1.165, 1.54) is 13.2 Å². The molecule has 0 radical (unpaired) electrons. The Morgan fingerprint density at radius 2 is 1.42 bits per heavy atom. The first kappa shape index (κ1) is 19.9. The standard InChI is InChI=1S/C24H17N3O4/c1-31-21-12-16(11-17(13-28)19(21)14-29)23-25-22(15-7-3-2-4-8-15)26-24(27-23)18-9-5-6-10-20(18)30/h2-14,30H,1H3. The van der Waals surface area contributed by atoms with Gasteiger partial charge in [-0.2, -0.15) is 0 Å². The fourth-order valence-electron chi connectivity index (χ4n) is 3.17. The smallest absolute Gasteiger partial charge is 0.167 e. The van der Waals surface area contributed by atoms with E-state index >= 15 is 0 Å². The third-order valence-electron chi connectivity index (χ3n) is 4.71. The molecule has 1 N–H and O–H groups in total. The van der Waals surface area contributed by atoms with Gasteiger partial charge in [0.1, 0.15) is 11.5 Å². The summed E-state index contributed by atoms with van der Waals surface area (Å²) in [5, 5.41) is 10.3. The number of nitrogens with zero attached hydrogens (tertiary/aromatic N) is 3. The number of hydrogen-bond acceptors (Lipinski definition) is 7. The average Bonchev–Trinajstić information content (AvgIpc) is 2.83. The second kappa shape index (κ2) is 8.54. The Balaban J connectivity index is 1.98. The van der Waals surface area contributed by atoms with Gasteiger partial charge in [0, 0.05) is 16.7 Å². The second-order valence-electron chi connectivity index (χ2n) is 6.61. The first-order valence-corrected chi connectivity index (χ1v) is 9.37. The van der Waals surface area contributed by atoms with E-state index in [9.17, 15) is 14.7 Å². The van der Waals surface area contributed by atoms with Crippen molar-refractivity contribution >= 4 is 12.6 Å². The van der Waals surface area contributed by atoms with Gasteiger partial charge in [-0.3, -0.25) is 9.59 Å². The molecule has 1 heterocycles. The molecule has 0 saturated heterocycles.